The zero-order valence-corrected chi connectivity index (χ0v) is 9.90. The molecule has 2 N–H and O–H groups in total. The second-order valence-electron chi connectivity index (χ2n) is 4.03. The number of hydrogen-bond acceptors (Lipinski definition) is 4. The van der Waals surface area contributed by atoms with Gasteiger partial charge in [0, 0.05) is 19.3 Å². The number of aromatic nitrogens is 1. The molecule has 0 unspecified atom stereocenters. The van der Waals surface area contributed by atoms with E-state index in [2.05, 4.69) is 15.6 Å². The first-order valence-electron chi connectivity index (χ1n) is 5.85. The van der Waals surface area contributed by atoms with Crippen molar-refractivity contribution < 1.29 is 9.53 Å². The van der Waals surface area contributed by atoms with Crippen molar-refractivity contribution in [3.63, 3.8) is 0 Å². The van der Waals surface area contributed by atoms with Crippen LogP contribution in [0.2, 0.25) is 0 Å². The summed E-state index contributed by atoms with van der Waals surface area (Å²) in [7, 11) is 1.60. The number of nitrogens with zero attached hydrogens (tertiary/aromatic N) is 1. The predicted octanol–water partition coefficient (Wildman–Crippen LogP) is 0.572. The molecule has 0 spiro atoms. The summed E-state index contributed by atoms with van der Waals surface area (Å²) in [6, 6.07) is 3.47. The van der Waals surface area contributed by atoms with E-state index in [1.54, 1.807) is 19.2 Å². The summed E-state index contributed by atoms with van der Waals surface area (Å²) in [6.07, 6.45) is 3.77. The minimum atomic E-state index is -0.133. The average Bonchev–Trinajstić information content (AvgIpc) is 2.40. The van der Waals surface area contributed by atoms with Crippen molar-refractivity contribution in [2.75, 3.05) is 20.1 Å². The van der Waals surface area contributed by atoms with Gasteiger partial charge in [-0.2, -0.15) is 0 Å². The van der Waals surface area contributed by atoms with Gasteiger partial charge < -0.3 is 15.4 Å². The molecular weight excluding hydrogens is 218 g/mol. The molecule has 1 aromatic rings. The summed E-state index contributed by atoms with van der Waals surface area (Å²) in [5, 5.41) is 5.83. The monoisotopic (exact) mass is 235 g/mol. The van der Waals surface area contributed by atoms with Crippen molar-refractivity contribution in [1.29, 1.82) is 0 Å². The molecule has 0 atom stereocenters. The SMILES string of the molecule is CNC(=O)c1ccc(OC2CCNCC2)nc1. The van der Waals surface area contributed by atoms with Crippen LogP contribution in [0.25, 0.3) is 0 Å². The number of ether oxygens (including phenoxy) is 1. The van der Waals surface area contributed by atoms with Gasteiger partial charge in [-0.05, 0) is 32.0 Å². The van der Waals surface area contributed by atoms with E-state index in [1.165, 1.54) is 6.20 Å². The van der Waals surface area contributed by atoms with Gasteiger partial charge in [0.05, 0.1) is 5.56 Å². The molecule has 2 heterocycles. The van der Waals surface area contributed by atoms with Crippen molar-refractivity contribution in [2.24, 2.45) is 0 Å². The van der Waals surface area contributed by atoms with Crippen molar-refractivity contribution in [3.05, 3.63) is 23.9 Å². The Morgan fingerprint density at radius 2 is 2.24 bits per heavy atom. The Hall–Kier alpha value is -1.62. The standard InChI is InChI=1S/C12H17N3O2/c1-13-12(16)9-2-3-11(15-8-9)17-10-4-6-14-7-5-10/h2-3,8,10,14H,4-7H2,1H3,(H,13,16). The van der Waals surface area contributed by atoms with Gasteiger partial charge in [-0.25, -0.2) is 4.98 Å². The Bertz CT molecular complexity index is 372. The third-order valence-corrected chi connectivity index (χ3v) is 2.80. The van der Waals surface area contributed by atoms with Crippen LogP contribution in [0, 0.1) is 0 Å². The van der Waals surface area contributed by atoms with E-state index in [9.17, 15) is 4.79 Å². The van der Waals surface area contributed by atoms with E-state index in [4.69, 9.17) is 4.74 Å². The van der Waals surface area contributed by atoms with E-state index in [1.807, 2.05) is 0 Å². The fourth-order valence-corrected chi connectivity index (χ4v) is 1.81. The van der Waals surface area contributed by atoms with Gasteiger partial charge in [0.25, 0.3) is 5.91 Å². The number of piperidine rings is 1. The van der Waals surface area contributed by atoms with E-state index >= 15 is 0 Å². The summed E-state index contributed by atoms with van der Waals surface area (Å²) >= 11 is 0. The summed E-state index contributed by atoms with van der Waals surface area (Å²) in [6.45, 7) is 1.97. The number of pyridine rings is 1. The van der Waals surface area contributed by atoms with Crippen molar-refractivity contribution in [3.8, 4) is 5.88 Å². The lowest BCUT2D eigenvalue weighted by molar-refractivity contribution is 0.0962. The van der Waals surface area contributed by atoms with Crippen LogP contribution in [0.4, 0.5) is 0 Å². The molecule has 0 radical (unpaired) electrons. The molecule has 92 valence electrons. The van der Waals surface area contributed by atoms with Crippen LogP contribution in [0.1, 0.15) is 23.2 Å². The maximum absolute atomic E-state index is 11.3. The molecule has 17 heavy (non-hydrogen) atoms. The van der Waals surface area contributed by atoms with E-state index in [0.29, 0.717) is 11.4 Å². The highest BCUT2D eigenvalue weighted by Gasteiger charge is 2.15. The van der Waals surface area contributed by atoms with Crippen molar-refractivity contribution >= 4 is 5.91 Å². The predicted molar refractivity (Wildman–Crippen MR) is 64.1 cm³/mol. The Morgan fingerprint density at radius 3 is 2.82 bits per heavy atom. The van der Waals surface area contributed by atoms with Gasteiger partial charge in [-0.3, -0.25) is 4.79 Å². The minimum Gasteiger partial charge on any atom is -0.474 e. The van der Waals surface area contributed by atoms with E-state index in [-0.39, 0.29) is 12.0 Å². The first-order chi connectivity index (χ1) is 8.29. The lowest BCUT2D eigenvalue weighted by atomic mass is 10.1. The number of amides is 1. The molecule has 0 aromatic carbocycles. The molecule has 5 heteroatoms. The molecule has 1 aliphatic rings. The maximum atomic E-state index is 11.3. The molecule has 0 bridgehead atoms. The molecule has 5 nitrogen and oxygen atoms in total. The molecule has 1 aromatic heterocycles. The van der Waals surface area contributed by atoms with Gasteiger partial charge in [-0.1, -0.05) is 0 Å². The van der Waals surface area contributed by atoms with Gasteiger partial charge in [-0.15, -0.1) is 0 Å². The molecule has 2 rings (SSSR count). The zero-order valence-electron chi connectivity index (χ0n) is 9.90. The smallest absolute Gasteiger partial charge is 0.252 e. The minimum absolute atomic E-state index is 0.133. The molecule has 1 fully saturated rings. The maximum Gasteiger partial charge on any atom is 0.252 e. The summed E-state index contributed by atoms with van der Waals surface area (Å²) in [5.74, 6) is 0.454. The topological polar surface area (TPSA) is 63.2 Å². The first kappa shape index (κ1) is 11.9. The molecule has 1 amide bonds. The highest BCUT2D eigenvalue weighted by atomic mass is 16.5. The van der Waals surface area contributed by atoms with Gasteiger partial charge in [0.2, 0.25) is 5.88 Å². The fraction of sp³-hybridized carbons (Fsp3) is 0.500. The number of carbonyl (C=O) groups excluding carboxylic acids is 1. The van der Waals surface area contributed by atoms with Crippen LogP contribution in [0.5, 0.6) is 5.88 Å². The van der Waals surface area contributed by atoms with Crippen LogP contribution in [0.15, 0.2) is 18.3 Å². The third kappa shape index (κ3) is 3.17. The summed E-state index contributed by atoms with van der Waals surface area (Å²) in [5.41, 5.74) is 0.546. The lowest BCUT2D eigenvalue weighted by Crippen LogP contribution is -2.34. The van der Waals surface area contributed by atoms with Crippen LogP contribution >= 0.6 is 0 Å². The van der Waals surface area contributed by atoms with Gasteiger partial charge >= 0.3 is 0 Å². The molecule has 1 aliphatic heterocycles. The first-order valence-corrected chi connectivity index (χ1v) is 5.85. The van der Waals surface area contributed by atoms with Crippen LogP contribution < -0.4 is 15.4 Å². The van der Waals surface area contributed by atoms with Gasteiger partial charge in [0.15, 0.2) is 0 Å². The van der Waals surface area contributed by atoms with Crippen LogP contribution in [-0.2, 0) is 0 Å². The normalized spacial score (nSPS) is 16.5. The molecule has 0 aliphatic carbocycles. The van der Waals surface area contributed by atoms with Crippen molar-refractivity contribution in [2.45, 2.75) is 18.9 Å². The second-order valence-corrected chi connectivity index (χ2v) is 4.03. The van der Waals surface area contributed by atoms with E-state index in [0.717, 1.165) is 25.9 Å². The number of nitrogens with one attached hydrogen (secondary N) is 2. The number of carbonyl (C=O) groups is 1. The van der Waals surface area contributed by atoms with Crippen molar-refractivity contribution in [1.82, 2.24) is 15.6 Å². The molecule has 0 saturated carbocycles. The lowest BCUT2D eigenvalue weighted by Gasteiger charge is -2.23. The van der Waals surface area contributed by atoms with Crippen LogP contribution in [0.3, 0.4) is 0 Å². The Kier molecular flexibility index (Phi) is 3.93. The largest absolute Gasteiger partial charge is 0.474 e. The Labute approximate surface area is 101 Å². The summed E-state index contributed by atoms with van der Waals surface area (Å²) < 4.78 is 5.74. The fourth-order valence-electron chi connectivity index (χ4n) is 1.81. The zero-order chi connectivity index (χ0) is 12.1. The Morgan fingerprint density at radius 1 is 1.47 bits per heavy atom. The van der Waals surface area contributed by atoms with Gasteiger partial charge in [0.1, 0.15) is 6.10 Å². The third-order valence-electron chi connectivity index (χ3n) is 2.80. The number of rotatable bonds is 3. The Balaban J connectivity index is 1.95. The molecular formula is C12H17N3O2. The average molecular weight is 235 g/mol. The van der Waals surface area contributed by atoms with E-state index < -0.39 is 0 Å². The molecule has 1 saturated heterocycles. The summed E-state index contributed by atoms with van der Waals surface area (Å²) in [4.78, 5) is 15.5. The number of hydrogen-bond donors (Lipinski definition) is 2. The van der Waals surface area contributed by atoms with Crippen LogP contribution in [-0.4, -0.2) is 37.1 Å². The quantitative estimate of drug-likeness (QED) is 0.804. The second kappa shape index (κ2) is 5.63. The highest BCUT2D eigenvalue weighted by molar-refractivity contribution is 5.93. The highest BCUT2D eigenvalue weighted by Crippen LogP contribution is 2.14.